The molecule has 1 heterocycles. The highest BCUT2D eigenvalue weighted by Gasteiger charge is 2.10. The van der Waals surface area contributed by atoms with Crippen molar-refractivity contribution in [3.63, 3.8) is 0 Å². The van der Waals surface area contributed by atoms with Crippen LogP contribution in [0.4, 0.5) is 10.8 Å². The molecule has 12 heavy (non-hydrogen) atoms. The quantitative estimate of drug-likeness (QED) is 0.751. The minimum atomic E-state index is 0.459. The number of nitrogens with one attached hydrogen (secondary N) is 1. The van der Waals surface area contributed by atoms with E-state index in [0.29, 0.717) is 11.6 Å². The van der Waals surface area contributed by atoms with Crippen LogP contribution in [0.3, 0.4) is 0 Å². The molecule has 0 aliphatic rings. The standard InChI is InChI=1S/C7H13N3OS/c1-3-4-9-7-5(11-2)6(8)10-12-7/h9H,3-4H2,1-2H3,(H2,8,10). The minimum Gasteiger partial charge on any atom is -0.490 e. The third kappa shape index (κ3) is 1.79. The molecule has 0 aromatic carbocycles. The lowest BCUT2D eigenvalue weighted by Crippen LogP contribution is -1.99. The largest absolute Gasteiger partial charge is 0.490 e. The maximum Gasteiger partial charge on any atom is 0.197 e. The van der Waals surface area contributed by atoms with Crippen LogP contribution in [0, 0.1) is 0 Å². The predicted octanol–water partition coefficient (Wildman–Crippen LogP) is 1.56. The maximum atomic E-state index is 5.56. The van der Waals surface area contributed by atoms with Crippen LogP contribution in [0.5, 0.6) is 5.75 Å². The van der Waals surface area contributed by atoms with Gasteiger partial charge in [-0.2, -0.15) is 4.37 Å². The second-order valence-electron chi connectivity index (χ2n) is 2.36. The van der Waals surface area contributed by atoms with Crippen LogP contribution >= 0.6 is 11.5 Å². The number of rotatable bonds is 4. The molecule has 0 radical (unpaired) electrons. The van der Waals surface area contributed by atoms with Gasteiger partial charge < -0.3 is 15.8 Å². The first-order chi connectivity index (χ1) is 5.79. The van der Waals surface area contributed by atoms with E-state index in [1.807, 2.05) is 0 Å². The summed E-state index contributed by atoms with van der Waals surface area (Å²) in [5.41, 5.74) is 5.56. The van der Waals surface area contributed by atoms with Crippen molar-refractivity contribution in [1.29, 1.82) is 0 Å². The van der Waals surface area contributed by atoms with Crippen molar-refractivity contribution >= 4 is 22.4 Å². The monoisotopic (exact) mass is 187 g/mol. The van der Waals surface area contributed by atoms with E-state index in [-0.39, 0.29) is 0 Å². The van der Waals surface area contributed by atoms with Crippen LogP contribution in [-0.4, -0.2) is 18.0 Å². The summed E-state index contributed by atoms with van der Waals surface area (Å²) in [5, 5.41) is 4.10. The lowest BCUT2D eigenvalue weighted by molar-refractivity contribution is 0.419. The highest BCUT2D eigenvalue weighted by atomic mass is 32.1. The summed E-state index contributed by atoms with van der Waals surface area (Å²) in [5.74, 6) is 1.12. The molecule has 0 bridgehead atoms. The zero-order valence-corrected chi connectivity index (χ0v) is 8.07. The van der Waals surface area contributed by atoms with Crippen molar-refractivity contribution in [2.24, 2.45) is 0 Å². The van der Waals surface area contributed by atoms with Crippen LogP contribution in [0.15, 0.2) is 0 Å². The fraction of sp³-hybridized carbons (Fsp3) is 0.571. The average Bonchev–Trinajstić information content (AvgIpc) is 2.43. The first-order valence-corrected chi connectivity index (χ1v) is 4.60. The fourth-order valence-electron chi connectivity index (χ4n) is 0.842. The van der Waals surface area contributed by atoms with Crippen LogP contribution in [0.25, 0.3) is 0 Å². The molecule has 0 aliphatic carbocycles. The molecule has 0 saturated heterocycles. The molecule has 3 N–H and O–H groups in total. The number of anilines is 2. The molecular weight excluding hydrogens is 174 g/mol. The van der Waals surface area contributed by atoms with Gasteiger partial charge in [0.25, 0.3) is 0 Å². The molecule has 0 aliphatic heterocycles. The van der Waals surface area contributed by atoms with Crippen molar-refractivity contribution in [1.82, 2.24) is 4.37 Å². The molecule has 1 rings (SSSR count). The number of hydrogen-bond donors (Lipinski definition) is 2. The van der Waals surface area contributed by atoms with Gasteiger partial charge in [-0.15, -0.1) is 0 Å². The molecule has 0 atom stereocenters. The summed E-state index contributed by atoms with van der Waals surface area (Å²) in [4.78, 5) is 0. The van der Waals surface area contributed by atoms with Crippen LogP contribution in [0.2, 0.25) is 0 Å². The Morgan fingerprint density at radius 3 is 3.00 bits per heavy atom. The highest BCUT2D eigenvalue weighted by Crippen LogP contribution is 2.34. The van der Waals surface area contributed by atoms with E-state index in [4.69, 9.17) is 10.5 Å². The molecule has 4 nitrogen and oxygen atoms in total. The normalized spacial score (nSPS) is 9.83. The van der Waals surface area contributed by atoms with Crippen LogP contribution < -0.4 is 15.8 Å². The third-order valence-corrected chi connectivity index (χ3v) is 2.21. The topological polar surface area (TPSA) is 60.2 Å². The van der Waals surface area contributed by atoms with Gasteiger partial charge in [0, 0.05) is 6.54 Å². The Morgan fingerprint density at radius 2 is 2.42 bits per heavy atom. The summed E-state index contributed by atoms with van der Waals surface area (Å²) in [6.45, 7) is 3.02. The van der Waals surface area contributed by atoms with Crippen LogP contribution in [0.1, 0.15) is 13.3 Å². The molecule has 0 spiro atoms. The van der Waals surface area contributed by atoms with Crippen molar-refractivity contribution in [3.8, 4) is 5.75 Å². The molecule has 0 saturated carbocycles. The number of nitrogen functional groups attached to an aromatic ring is 1. The van der Waals surface area contributed by atoms with E-state index >= 15 is 0 Å². The van der Waals surface area contributed by atoms with E-state index in [2.05, 4.69) is 16.6 Å². The minimum absolute atomic E-state index is 0.459. The first kappa shape index (κ1) is 9.12. The summed E-state index contributed by atoms with van der Waals surface area (Å²) in [6, 6.07) is 0. The highest BCUT2D eigenvalue weighted by molar-refractivity contribution is 7.11. The Labute approximate surface area is 75.9 Å². The summed E-state index contributed by atoms with van der Waals surface area (Å²) < 4.78 is 9.05. The Kier molecular flexibility index (Phi) is 3.16. The third-order valence-electron chi connectivity index (χ3n) is 1.41. The van der Waals surface area contributed by atoms with Crippen molar-refractivity contribution in [2.75, 3.05) is 24.7 Å². The lowest BCUT2D eigenvalue weighted by atomic mass is 10.4. The van der Waals surface area contributed by atoms with E-state index < -0.39 is 0 Å². The number of methoxy groups -OCH3 is 1. The molecule has 0 amide bonds. The SMILES string of the molecule is CCCNc1snc(N)c1OC. The molecule has 68 valence electrons. The van der Waals surface area contributed by atoms with Gasteiger partial charge in [0.1, 0.15) is 0 Å². The predicted molar refractivity (Wildman–Crippen MR) is 51.9 cm³/mol. The fourth-order valence-corrected chi connectivity index (χ4v) is 1.55. The second kappa shape index (κ2) is 4.15. The Morgan fingerprint density at radius 1 is 1.67 bits per heavy atom. The zero-order chi connectivity index (χ0) is 8.97. The number of ether oxygens (including phenoxy) is 1. The van der Waals surface area contributed by atoms with Crippen molar-refractivity contribution in [2.45, 2.75) is 13.3 Å². The molecule has 1 aromatic rings. The zero-order valence-electron chi connectivity index (χ0n) is 7.26. The molecule has 0 fully saturated rings. The average molecular weight is 187 g/mol. The van der Waals surface area contributed by atoms with E-state index in [9.17, 15) is 0 Å². The number of aromatic nitrogens is 1. The van der Waals surface area contributed by atoms with Crippen molar-refractivity contribution in [3.05, 3.63) is 0 Å². The molecule has 5 heteroatoms. The molecular formula is C7H13N3OS. The van der Waals surface area contributed by atoms with Gasteiger partial charge in [-0.3, -0.25) is 0 Å². The second-order valence-corrected chi connectivity index (χ2v) is 3.13. The van der Waals surface area contributed by atoms with Crippen molar-refractivity contribution < 1.29 is 4.74 Å². The van der Waals surface area contributed by atoms with Gasteiger partial charge >= 0.3 is 0 Å². The van der Waals surface area contributed by atoms with Gasteiger partial charge in [0.05, 0.1) is 7.11 Å². The van der Waals surface area contributed by atoms with Gasteiger partial charge in [0.2, 0.25) is 0 Å². The summed E-state index contributed by atoms with van der Waals surface area (Å²) in [6.07, 6.45) is 1.07. The maximum absolute atomic E-state index is 5.56. The van der Waals surface area contributed by atoms with E-state index in [0.717, 1.165) is 18.0 Å². The Hall–Kier alpha value is -0.970. The number of nitrogens with zero attached hydrogens (tertiary/aromatic N) is 1. The van der Waals surface area contributed by atoms with Crippen LogP contribution in [-0.2, 0) is 0 Å². The molecule has 1 aromatic heterocycles. The number of hydrogen-bond acceptors (Lipinski definition) is 5. The van der Waals surface area contributed by atoms with Gasteiger partial charge in [0.15, 0.2) is 16.6 Å². The van der Waals surface area contributed by atoms with Gasteiger partial charge in [-0.1, -0.05) is 6.92 Å². The smallest absolute Gasteiger partial charge is 0.197 e. The van der Waals surface area contributed by atoms with Gasteiger partial charge in [-0.05, 0) is 18.0 Å². The molecule has 0 unspecified atom stereocenters. The first-order valence-electron chi connectivity index (χ1n) is 3.82. The Bertz CT molecular complexity index is 249. The van der Waals surface area contributed by atoms with Gasteiger partial charge in [-0.25, -0.2) is 0 Å². The lowest BCUT2D eigenvalue weighted by Gasteiger charge is -2.03. The number of nitrogens with two attached hydrogens (primary N) is 1. The Balaban J connectivity index is 2.70. The summed E-state index contributed by atoms with van der Waals surface area (Å²) in [7, 11) is 1.59. The van der Waals surface area contributed by atoms with E-state index in [1.165, 1.54) is 11.5 Å². The van der Waals surface area contributed by atoms with E-state index in [1.54, 1.807) is 7.11 Å². The summed E-state index contributed by atoms with van der Waals surface area (Å²) >= 11 is 1.33.